The van der Waals surface area contributed by atoms with Crippen molar-refractivity contribution in [1.82, 2.24) is 4.72 Å². The SMILES string of the molecule is O=S(=O)(NC1CCCC1)c1ccc(Oc2ccc(Br)cc2)cc1. The summed E-state index contributed by atoms with van der Waals surface area (Å²) >= 11 is 3.37. The third-order valence-corrected chi connectivity index (χ3v) is 5.93. The Morgan fingerprint density at radius 2 is 1.43 bits per heavy atom. The summed E-state index contributed by atoms with van der Waals surface area (Å²) in [6.45, 7) is 0. The first kappa shape index (κ1) is 16.5. The topological polar surface area (TPSA) is 55.4 Å². The molecule has 3 rings (SSSR count). The highest BCUT2D eigenvalue weighted by Crippen LogP contribution is 2.25. The van der Waals surface area contributed by atoms with Crippen molar-refractivity contribution < 1.29 is 13.2 Å². The van der Waals surface area contributed by atoms with Crippen molar-refractivity contribution in [1.29, 1.82) is 0 Å². The number of benzene rings is 2. The van der Waals surface area contributed by atoms with E-state index < -0.39 is 10.0 Å². The average molecular weight is 396 g/mol. The van der Waals surface area contributed by atoms with Gasteiger partial charge in [0.1, 0.15) is 11.5 Å². The maximum Gasteiger partial charge on any atom is 0.240 e. The van der Waals surface area contributed by atoms with Gasteiger partial charge >= 0.3 is 0 Å². The molecule has 23 heavy (non-hydrogen) atoms. The van der Waals surface area contributed by atoms with Crippen LogP contribution in [0.4, 0.5) is 0 Å². The summed E-state index contributed by atoms with van der Waals surface area (Å²) < 4.78 is 34.1. The predicted molar refractivity (Wildman–Crippen MR) is 93.2 cm³/mol. The van der Waals surface area contributed by atoms with Gasteiger partial charge in [-0.3, -0.25) is 0 Å². The first-order valence-corrected chi connectivity index (χ1v) is 9.86. The Kier molecular flexibility index (Phi) is 5.04. The van der Waals surface area contributed by atoms with Crippen LogP contribution in [0.25, 0.3) is 0 Å². The second kappa shape index (κ2) is 7.03. The summed E-state index contributed by atoms with van der Waals surface area (Å²) in [6.07, 6.45) is 4.02. The zero-order chi connectivity index (χ0) is 16.3. The number of ether oxygens (including phenoxy) is 1. The highest BCUT2D eigenvalue weighted by Gasteiger charge is 2.22. The van der Waals surface area contributed by atoms with Crippen molar-refractivity contribution in [3.05, 3.63) is 53.0 Å². The van der Waals surface area contributed by atoms with Gasteiger partial charge in [-0.1, -0.05) is 28.8 Å². The van der Waals surface area contributed by atoms with Crippen molar-refractivity contribution in [2.24, 2.45) is 0 Å². The molecule has 0 atom stereocenters. The van der Waals surface area contributed by atoms with E-state index in [9.17, 15) is 8.42 Å². The molecule has 0 amide bonds. The molecule has 0 spiro atoms. The largest absolute Gasteiger partial charge is 0.457 e. The van der Waals surface area contributed by atoms with Gasteiger partial charge in [-0.15, -0.1) is 0 Å². The highest BCUT2D eigenvalue weighted by molar-refractivity contribution is 9.10. The minimum Gasteiger partial charge on any atom is -0.457 e. The molecule has 0 unspecified atom stereocenters. The molecule has 1 fully saturated rings. The van der Waals surface area contributed by atoms with E-state index in [-0.39, 0.29) is 10.9 Å². The van der Waals surface area contributed by atoms with Gasteiger partial charge in [0.15, 0.2) is 0 Å². The molecule has 1 aliphatic rings. The van der Waals surface area contributed by atoms with E-state index in [2.05, 4.69) is 20.7 Å². The molecule has 1 saturated carbocycles. The zero-order valence-corrected chi connectivity index (χ0v) is 14.9. The number of hydrogen-bond donors (Lipinski definition) is 1. The summed E-state index contributed by atoms with van der Waals surface area (Å²) in [5.41, 5.74) is 0. The summed E-state index contributed by atoms with van der Waals surface area (Å²) in [4.78, 5) is 0.271. The van der Waals surface area contributed by atoms with Crippen LogP contribution in [-0.4, -0.2) is 14.5 Å². The molecule has 0 bridgehead atoms. The van der Waals surface area contributed by atoms with Gasteiger partial charge in [0, 0.05) is 10.5 Å². The second-order valence-electron chi connectivity index (χ2n) is 5.63. The van der Waals surface area contributed by atoms with E-state index in [1.807, 2.05) is 24.3 Å². The molecule has 4 nitrogen and oxygen atoms in total. The first-order chi connectivity index (χ1) is 11.0. The fourth-order valence-corrected chi connectivity index (χ4v) is 4.23. The van der Waals surface area contributed by atoms with Crippen LogP contribution in [0, 0.1) is 0 Å². The van der Waals surface area contributed by atoms with Gasteiger partial charge in [-0.2, -0.15) is 0 Å². The molecular formula is C17H18BrNO3S. The van der Waals surface area contributed by atoms with Gasteiger partial charge < -0.3 is 4.74 Å². The van der Waals surface area contributed by atoms with E-state index >= 15 is 0 Å². The van der Waals surface area contributed by atoms with Crippen LogP contribution in [0.2, 0.25) is 0 Å². The quantitative estimate of drug-likeness (QED) is 0.812. The predicted octanol–water partition coefficient (Wildman–Crippen LogP) is 4.46. The molecule has 1 aliphatic carbocycles. The van der Waals surface area contributed by atoms with Crippen molar-refractivity contribution in [3.8, 4) is 11.5 Å². The number of rotatable bonds is 5. The monoisotopic (exact) mass is 395 g/mol. The third kappa shape index (κ3) is 4.34. The number of sulfonamides is 1. The summed E-state index contributed by atoms with van der Waals surface area (Å²) in [5.74, 6) is 1.31. The lowest BCUT2D eigenvalue weighted by Crippen LogP contribution is -2.32. The number of halogens is 1. The third-order valence-electron chi connectivity index (χ3n) is 3.86. The Morgan fingerprint density at radius 3 is 2.00 bits per heavy atom. The van der Waals surface area contributed by atoms with Gasteiger partial charge in [-0.05, 0) is 61.4 Å². The molecule has 1 N–H and O–H groups in total. The van der Waals surface area contributed by atoms with Crippen LogP contribution in [-0.2, 0) is 10.0 Å². The number of hydrogen-bond acceptors (Lipinski definition) is 3. The van der Waals surface area contributed by atoms with Crippen LogP contribution >= 0.6 is 15.9 Å². The second-order valence-corrected chi connectivity index (χ2v) is 8.26. The van der Waals surface area contributed by atoms with Crippen LogP contribution in [0.5, 0.6) is 11.5 Å². The van der Waals surface area contributed by atoms with E-state index in [0.29, 0.717) is 11.5 Å². The standard InChI is InChI=1S/C17H18BrNO3S/c18-13-5-7-15(8-6-13)22-16-9-11-17(12-10-16)23(20,21)19-14-3-1-2-4-14/h5-12,14,19H,1-4H2. The summed E-state index contributed by atoms with van der Waals surface area (Å²) in [7, 11) is -3.45. The highest BCUT2D eigenvalue weighted by atomic mass is 79.9. The Labute approximate surface area is 145 Å². The Bertz CT molecular complexity index is 751. The smallest absolute Gasteiger partial charge is 0.240 e. The van der Waals surface area contributed by atoms with E-state index in [0.717, 1.165) is 30.2 Å². The Morgan fingerprint density at radius 1 is 0.913 bits per heavy atom. The van der Waals surface area contributed by atoms with Crippen molar-refractivity contribution in [3.63, 3.8) is 0 Å². The molecule has 6 heteroatoms. The minimum atomic E-state index is -3.45. The Hall–Kier alpha value is -1.37. The molecular weight excluding hydrogens is 378 g/mol. The molecule has 0 heterocycles. The lowest BCUT2D eigenvalue weighted by Gasteiger charge is -2.13. The average Bonchev–Trinajstić information content (AvgIpc) is 3.02. The molecule has 0 aliphatic heterocycles. The van der Waals surface area contributed by atoms with Crippen molar-refractivity contribution in [2.45, 2.75) is 36.6 Å². The normalized spacial score (nSPS) is 15.7. The first-order valence-electron chi connectivity index (χ1n) is 7.59. The fraction of sp³-hybridized carbons (Fsp3) is 0.294. The molecule has 2 aromatic rings. The molecule has 2 aromatic carbocycles. The zero-order valence-electron chi connectivity index (χ0n) is 12.5. The van der Waals surface area contributed by atoms with E-state index in [1.165, 1.54) is 0 Å². The molecule has 0 radical (unpaired) electrons. The Balaban J connectivity index is 1.69. The van der Waals surface area contributed by atoms with Gasteiger partial charge in [-0.25, -0.2) is 13.1 Å². The maximum atomic E-state index is 12.3. The van der Waals surface area contributed by atoms with Crippen LogP contribution < -0.4 is 9.46 Å². The lowest BCUT2D eigenvalue weighted by molar-refractivity contribution is 0.482. The van der Waals surface area contributed by atoms with E-state index in [1.54, 1.807) is 24.3 Å². The van der Waals surface area contributed by atoms with Gasteiger partial charge in [0.05, 0.1) is 4.90 Å². The van der Waals surface area contributed by atoms with Crippen molar-refractivity contribution >= 4 is 26.0 Å². The lowest BCUT2D eigenvalue weighted by atomic mass is 10.3. The van der Waals surface area contributed by atoms with Crippen LogP contribution in [0.1, 0.15) is 25.7 Å². The maximum absolute atomic E-state index is 12.3. The summed E-state index contributed by atoms with van der Waals surface area (Å²) in [5, 5.41) is 0. The van der Waals surface area contributed by atoms with Gasteiger partial charge in [0.2, 0.25) is 10.0 Å². The van der Waals surface area contributed by atoms with Crippen LogP contribution in [0.3, 0.4) is 0 Å². The fourth-order valence-electron chi connectivity index (χ4n) is 2.66. The molecule has 122 valence electrons. The van der Waals surface area contributed by atoms with E-state index in [4.69, 9.17) is 4.74 Å². The van der Waals surface area contributed by atoms with Gasteiger partial charge in [0.25, 0.3) is 0 Å². The van der Waals surface area contributed by atoms with Crippen LogP contribution in [0.15, 0.2) is 57.9 Å². The molecule has 0 aromatic heterocycles. The van der Waals surface area contributed by atoms with Crippen molar-refractivity contribution in [2.75, 3.05) is 0 Å². The minimum absolute atomic E-state index is 0.0682. The summed E-state index contributed by atoms with van der Waals surface area (Å²) in [6, 6.07) is 14.0. The number of nitrogens with one attached hydrogen (secondary N) is 1. The molecule has 0 saturated heterocycles.